The molecule has 1 amide bonds. The monoisotopic (exact) mass is 250 g/mol. The van der Waals surface area contributed by atoms with Gasteiger partial charge in [-0.05, 0) is 37.0 Å². The summed E-state index contributed by atoms with van der Waals surface area (Å²) in [5.41, 5.74) is 1.30. The zero-order valence-corrected chi connectivity index (χ0v) is 10.6. The minimum absolute atomic E-state index is 0.0126. The molecule has 5 nitrogen and oxygen atoms in total. The summed E-state index contributed by atoms with van der Waals surface area (Å²) >= 11 is 1.21. The van der Waals surface area contributed by atoms with Gasteiger partial charge in [0.05, 0.1) is 10.3 Å². The van der Waals surface area contributed by atoms with Crippen LogP contribution < -0.4 is 5.84 Å². The molecule has 17 heavy (non-hydrogen) atoms. The van der Waals surface area contributed by atoms with Gasteiger partial charge < -0.3 is 0 Å². The van der Waals surface area contributed by atoms with E-state index in [1.165, 1.54) is 16.5 Å². The van der Waals surface area contributed by atoms with Gasteiger partial charge in [0.15, 0.2) is 0 Å². The van der Waals surface area contributed by atoms with Crippen LogP contribution in [0.2, 0.25) is 0 Å². The van der Waals surface area contributed by atoms with Gasteiger partial charge in [0.25, 0.3) is 5.91 Å². The van der Waals surface area contributed by atoms with Crippen molar-refractivity contribution in [3.63, 3.8) is 0 Å². The molecule has 6 heteroatoms. The van der Waals surface area contributed by atoms with Gasteiger partial charge in [0.1, 0.15) is 5.52 Å². The molecule has 2 rings (SSSR count). The number of fused-ring (bicyclic) bond motifs is 1. The molecule has 0 fully saturated rings. The Hall–Kier alpha value is -1.53. The molecule has 0 spiro atoms. The van der Waals surface area contributed by atoms with Crippen molar-refractivity contribution in [2.75, 3.05) is 0 Å². The van der Waals surface area contributed by atoms with Gasteiger partial charge >= 0.3 is 0 Å². The predicted octanol–water partition coefficient (Wildman–Crippen LogP) is 1.81. The number of amides is 1. The second-order valence-corrected chi connectivity index (χ2v) is 4.65. The number of carbonyl (C=O) groups excluding carboxylic acids is 1. The average molecular weight is 250 g/mol. The van der Waals surface area contributed by atoms with Crippen LogP contribution in [-0.2, 0) is 0 Å². The van der Waals surface area contributed by atoms with Crippen LogP contribution >= 0.6 is 11.5 Å². The van der Waals surface area contributed by atoms with E-state index in [4.69, 9.17) is 5.84 Å². The first-order valence-corrected chi connectivity index (χ1v) is 6.21. The summed E-state index contributed by atoms with van der Waals surface area (Å²) in [5, 5.41) is 5.22. The van der Waals surface area contributed by atoms with Gasteiger partial charge in [-0.25, -0.2) is 5.84 Å². The molecule has 2 N–H and O–H groups in total. The van der Waals surface area contributed by atoms with Crippen molar-refractivity contribution in [1.82, 2.24) is 14.6 Å². The Balaban J connectivity index is 2.39. The third kappa shape index (κ3) is 2.13. The minimum Gasteiger partial charge on any atom is -0.274 e. The highest BCUT2D eigenvalue weighted by Crippen LogP contribution is 2.21. The molecule has 0 aliphatic carbocycles. The Labute approximate surface area is 103 Å². The van der Waals surface area contributed by atoms with Crippen molar-refractivity contribution < 1.29 is 4.79 Å². The zero-order valence-electron chi connectivity index (χ0n) is 9.75. The second-order valence-electron chi connectivity index (χ2n) is 3.90. The van der Waals surface area contributed by atoms with Crippen LogP contribution in [0, 0.1) is 0 Å². The lowest BCUT2D eigenvalue weighted by molar-refractivity contribution is 0.0690. The molecule has 1 unspecified atom stereocenters. The number of aromatic nitrogens is 2. The third-order valence-corrected chi connectivity index (χ3v) is 3.58. The lowest BCUT2D eigenvalue weighted by Crippen LogP contribution is -2.43. The van der Waals surface area contributed by atoms with E-state index >= 15 is 0 Å². The highest BCUT2D eigenvalue weighted by atomic mass is 32.1. The molecule has 90 valence electrons. The van der Waals surface area contributed by atoms with Crippen LogP contribution in [-0.4, -0.2) is 26.5 Å². The molecule has 0 saturated heterocycles. The molecular formula is C11H14N4OS. The van der Waals surface area contributed by atoms with Crippen molar-refractivity contribution in [2.24, 2.45) is 5.84 Å². The summed E-state index contributed by atoms with van der Waals surface area (Å²) in [6.07, 6.45) is 0.819. The zero-order chi connectivity index (χ0) is 12.4. The Morgan fingerprint density at radius 3 is 3.06 bits per heavy atom. The topological polar surface area (TPSA) is 72.1 Å². The van der Waals surface area contributed by atoms with Crippen LogP contribution in [0.5, 0.6) is 0 Å². The minimum atomic E-state index is -0.184. The quantitative estimate of drug-likeness (QED) is 0.512. The fraction of sp³-hybridized carbons (Fsp3) is 0.364. The Morgan fingerprint density at radius 1 is 1.59 bits per heavy atom. The van der Waals surface area contributed by atoms with Crippen LogP contribution in [0.3, 0.4) is 0 Å². The molecule has 1 aromatic heterocycles. The smallest absolute Gasteiger partial charge is 0.269 e. The van der Waals surface area contributed by atoms with E-state index in [0.29, 0.717) is 5.56 Å². The van der Waals surface area contributed by atoms with E-state index in [9.17, 15) is 4.79 Å². The van der Waals surface area contributed by atoms with Crippen molar-refractivity contribution >= 4 is 27.7 Å². The SMILES string of the molecule is CCC(C)N(N)C(=O)c1cccc2nnsc12. The van der Waals surface area contributed by atoms with E-state index in [1.807, 2.05) is 19.9 Å². The third-order valence-electron chi connectivity index (χ3n) is 2.81. The standard InChI is InChI=1S/C11H14N4OS/c1-3-7(2)15(12)11(16)8-5-4-6-9-10(8)17-14-13-9/h4-7H,3,12H2,1-2H3. The highest BCUT2D eigenvalue weighted by molar-refractivity contribution is 7.13. The summed E-state index contributed by atoms with van der Waals surface area (Å²) in [7, 11) is 0. The fourth-order valence-electron chi connectivity index (χ4n) is 1.51. The number of nitrogens with two attached hydrogens (primary N) is 1. The molecule has 2 aromatic rings. The number of benzene rings is 1. The summed E-state index contributed by atoms with van der Waals surface area (Å²) in [6.45, 7) is 3.91. The van der Waals surface area contributed by atoms with E-state index in [0.717, 1.165) is 16.6 Å². The number of hydrogen-bond donors (Lipinski definition) is 1. The maximum atomic E-state index is 12.2. The Bertz CT molecular complexity index is 539. The van der Waals surface area contributed by atoms with Gasteiger partial charge in [-0.15, -0.1) is 5.10 Å². The first-order valence-electron chi connectivity index (χ1n) is 5.44. The molecule has 0 bridgehead atoms. The van der Waals surface area contributed by atoms with Crippen molar-refractivity contribution in [3.8, 4) is 0 Å². The summed E-state index contributed by atoms with van der Waals surface area (Å²) in [4.78, 5) is 12.2. The van der Waals surface area contributed by atoms with Gasteiger partial charge in [-0.1, -0.05) is 17.5 Å². The Morgan fingerprint density at radius 2 is 2.35 bits per heavy atom. The number of rotatable bonds is 3. The van der Waals surface area contributed by atoms with Gasteiger partial charge in [-0.2, -0.15) is 0 Å². The lowest BCUT2D eigenvalue weighted by atomic mass is 10.1. The first-order chi connectivity index (χ1) is 8.15. The molecular weight excluding hydrogens is 236 g/mol. The van der Waals surface area contributed by atoms with Gasteiger partial charge in [0, 0.05) is 6.04 Å². The maximum absolute atomic E-state index is 12.2. The maximum Gasteiger partial charge on any atom is 0.269 e. The normalized spacial score (nSPS) is 12.6. The van der Waals surface area contributed by atoms with E-state index in [-0.39, 0.29) is 11.9 Å². The van der Waals surface area contributed by atoms with Crippen LogP contribution in [0.4, 0.5) is 0 Å². The van der Waals surface area contributed by atoms with Crippen LogP contribution in [0.1, 0.15) is 30.6 Å². The second kappa shape index (κ2) is 4.77. The Kier molecular flexibility index (Phi) is 3.35. The molecule has 0 radical (unpaired) electrons. The van der Waals surface area contributed by atoms with Crippen LogP contribution in [0.15, 0.2) is 18.2 Å². The van der Waals surface area contributed by atoms with Crippen molar-refractivity contribution in [3.05, 3.63) is 23.8 Å². The summed E-state index contributed by atoms with van der Waals surface area (Å²) < 4.78 is 4.64. The summed E-state index contributed by atoms with van der Waals surface area (Å²) in [5.74, 6) is 5.63. The molecule has 0 aliphatic rings. The highest BCUT2D eigenvalue weighted by Gasteiger charge is 2.20. The fourth-order valence-corrected chi connectivity index (χ4v) is 2.18. The number of nitrogens with zero attached hydrogens (tertiary/aromatic N) is 3. The molecule has 1 atom stereocenters. The molecule has 1 heterocycles. The predicted molar refractivity (Wildman–Crippen MR) is 67.5 cm³/mol. The molecule has 1 aromatic carbocycles. The number of carbonyl (C=O) groups is 1. The van der Waals surface area contributed by atoms with Crippen molar-refractivity contribution in [1.29, 1.82) is 0 Å². The van der Waals surface area contributed by atoms with Gasteiger partial charge in [-0.3, -0.25) is 9.80 Å². The van der Waals surface area contributed by atoms with Crippen molar-refractivity contribution in [2.45, 2.75) is 26.3 Å². The first kappa shape index (κ1) is 11.9. The lowest BCUT2D eigenvalue weighted by Gasteiger charge is -2.23. The summed E-state index contributed by atoms with van der Waals surface area (Å²) in [6, 6.07) is 5.40. The number of hydrogen-bond acceptors (Lipinski definition) is 5. The number of hydrazine groups is 1. The molecule has 0 saturated carbocycles. The average Bonchev–Trinajstić information content (AvgIpc) is 2.83. The largest absolute Gasteiger partial charge is 0.274 e. The van der Waals surface area contributed by atoms with Gasteiger partial charge in [0.2, 0.25) is 0 Å². The van der Waals surface area contributed by atoms with E-state index < -0.39 is 0 Å². The van der Waals surface area contributed by atoms with Crippen LogP contribution in [0.25, 0.3) is 10.2 Å². The van der Waals surface area contributed by atoms with E-state index in [1.54, 1.807) is 12.1 Å². The molecule has 0 aliphatic heterocycles. The van der Waals surface area contributed by atoms with E-state index in [2.05, 4.69) is 9.59 Å².